The Labute approximate surface area is 116 Å². The van der Waals surface area contributed by atoms with E-state index in [9.17, 15) is 14.0 Å². The van der Waals surface area contributed by atoms with Gasteiger partial charge in [0.2, 0.25) is 5.91 Å². The van der Waals surface area contributed by atoms with Gasteiger partial charge in [0.05, 0.1) is 17.3 Å². The molecule has 0 aromatic heterocycles. The smallest absolute Gasteiger partial charge is 0.316 e. The van der Waals surface area contributed by atoms with Gasteiger partial charge in [-0.1, -0.05) is 20.8 Å². The summed E-state index contributed by atoms with van der Waals surface area (Å²) in [6.07, 6.45) is 0. The highest BCUT2D eigenvalue weighted by atomic mass is 19.1. The van der Waals surface area contributed by atoms with Crippen molar-refractivity contribution in [2.45, 2.75) is 20.8 Å². The number of benzene rings is 1. The third-order valence-electron chi connectivity index (χ3n) is 2.73. The van der Waals surface area contributed by atoms with Crippen LogP contribution in [0.15, 0.2) is 18.2 Å². The lowest BCUT2D eigenvalue weighted by molar-refractivity contribution is -0.149. The first-order valence-corrected chi connectivity index (χ1v) is 5.90. The lowest BCUT2D eigenvalue weighted by Crippen LogP contribution is -2.39. The number of hydrogen-bond acceptors (Lipinski definition) is 3. The number of rotatable bonds is 3. The molecule has 2 N–H and O–H groups in total. The van der Waals surface area contributed by atoms with Gasteiger partial charge in [-0.2, -0.15) is 5.26 Å². The molecule has 0 bridgehead atoms. The maximum atomic E-state index is 13.6. The minimum atomic E-state index is -1.31. The summed E-state index contributed by atoms with van der Waals surface area (Å²) < 4.78 is 13.6. The Morgan fingerprint density at radius 2 is 2.00 bits per heavy atom. The SMILES string of the molecule is CC(C)(C)C(C(=O)O)C(=O)Nc1ccc(C#N)cc1F. The maximum absolute atomic E-state index is 13.6. The molecule has 0 spiro atoms. The van der Waals surface area contributed by atoms with Crippen LogP contribution in [0.25, 0.3) is 0 Å². The molecule has 1 aromatic carbocycles. The van der Waals surface area contributed by atoms with Gasteiger partial charge in [0.1, 0.15) is 11.7 Å². The second-order valence-electron chi connectivity index (χ2n) is 5.43. The van der Waals surface area contributed by atoms with E-state index >= 15 is 0 Å². The number of carbonyl (C=O) groups is 2. The topological polar surface area (TPSA) is 90.2 Å². The quantitative estimate of drug-likeness (QED) is 0.830. The van der Waals surface area contributed by atoms with Crippen LogP contribution < -0.4 is 5.32 Å². The summed E-state index contributed by atoms with van der Waals surface area (Å²) in [5.41, 5.74) is -0.838. The first-order valence-electron chi connectivity index (χ1n) is 5.90. The van der Waals surface area contributed by atoms with Crippen LogP contribution in [0.5, 0.6) is 0 Å². The van der Waals surface area contributed by atoms with E-state index in [1.165, 1.54) is 12.1 Å². The van der Waals surface area contributed by atoms with Gasteiger partial charge in [-0.05, 0) is 23.6 Å². The average molecular weight is 278 g/mol. The Hall–Kier alpha value is -2.42. The Balaban J connectivity index is 3.01. The van der Waals surface area contributed by atoms with E-state index in [4.69, 9.17) is 10.4 Å². The summed E-state index contributed by atoms with van der Waals surface area (Å²) in [5.74, 6) is -4.16. The van der Waals surface area contributed by atoms with E-state index in [0.29, 0.717) is 0 Å². The van der Waals surface area contributed by atoms with Crippen LogP contribution >= 0.6 is 0 Å². The molecular weight excluding hydrogens is 263 g/mol. The molecule has 0 aliphatic rings. The van der Waals surface area contributed by atoms with Crippen LogP contribution in [-0.4, -0.2) is 17.0 Å². The number of hydrogen-bond donors (Lipinski definition) is 2. The molecule has 20 heavy (non-hydrogen) atoms. The van der Waals surface area contributed by atoms with Gasteiger partial charge in [-0.3, -0.25) is 9.59 Å². The summed E-state index contributed by atoms with van der Waals surface area (Å²) in [4.78, 5) is 23.1. The fourth-order valence-electron chi connectivity index (χ4n) is 1.77. The Morgan fingerprint density at radius 3 is 2.40 bits per heavy atom. The van der Waals surface area contributed by atoms with Crippen molar-refractivity contribution in [3.63, 3.8) is 0 Å². The van der Waals surface area contributed by atoms with Crippen molar-refractivity contribution in [3.05, 3.63) is 29.6 Å². The summed E-state index contributed by atoms with van der Waals surface area (Å²) in [5, 5.41) is 20.0. The van der Waals surface area contributed by atoms with Crippen LogP contribution in [0, 0.1) is 28.5 Å². The van der Waals surface area contributed by atoms with Crippen LogP contribution in [0.1, 0.15) is 26.3 Å². The number of nitrogens with zero attached hydrogens (tertiary/aromatic N) is 1. The second kappa shape index (κ2) is 5.70. The largest absolute Gasteiger partial charge is 0.481 e. The zero-order valence-corrected chi connectivity index (χ0v) is 11.4. The van der Waals surface area contributed by atoms with Gasteiger partial charge in [0, 0.05) is 0 Å². The Kier molecular flexibility index (Phi) is 4.45. The lowest BCUT2D eigenvalue weighted by Gasteiger charge is -2.25. The van der Waals surface area contributed by atoms with E-state index in [2.05, 4.69) is 5.32 Å². The first-order chi connectivity index (χ1) is 9.16. The number of anilines is 1. The monoisotopic (exact) mass is 278 g/mol. The highest BCUT2D eigenvalue weighted by Crippen LogP contribution is 2.28. The zero-order chi connectivity index (χ0) is 15.5. The molecule has 0 radical (unpaired) electrons. The van der Waals surface area contributed by atoms with Crippen molar-refractivity contribution >= 4 is 17.6 Å². The Morgan fingerprint density at radius 1 is 1.40 bits per heavy atom. The number of carbonyl (C=O) groups excluding carboxylic acids is 1. The van der Waals surface area contributed by atoms with Gasteiger partial charge < -0.3 is 10.4 Å². The third-order valence-corrected chi connectivity index (χ3v) is 2.73. The fourth-order valence-corrected chi connectivity index (χ4v) is 1.77. The van der Waals surface area contributed by atoms with Crippen molar-refractivity contribution in [1.29, 1.82) is 5.26 Å². The van der Waals surface area contributed by atoms with Crippen molar-refractivity contribution in [1.82, 2.24) is 0 Å². The number of carboxylic acid groups (broad SMARTS) is 1. The van der Waals surface area contributed by atoms with Gasteiger partial charge in [0.15, 0.2) is 0 Å². The average Bonchev–Trinajstić information content (AvgIpc) is 2.29. The molecule has 5 nitrogen and oxygen atoms in total. The number of carboxylic acids is 1. The van der Waals surface area contributed by atoms with E-state index in [0.717, 1.165) is 6.07 Å². The molecule has 0 aliphatic heterocycles. The van der Waals surface area contributed by atoms with E-state index in [1.54, 1.807) is 26.8 Å². The number of amides is 1. The first kappa shape index (κ1) is 15.6. The van der Waals surface area contributed by atoms with Gasteiger partial charge in [0.25, 0.3) is 0 Å². The molecule has 1 aromatic rings. The van der Waals surface area contributed by atoms with Crippen molar-refractivity contribution in [2.75, 3.05) is 5.32 Å². The van der Waals surface area contributed by atoms with Gasteiger partial charge in [-0.25, -0.2) is 4.39 Å². The fraction of sp³-hybridized carbons (Fsp3) is 0.357. The number of nitrogens with one attached hydrogen (secondary N) is 1. The lowest BCUT2D eigenvalue weighted by atomic mass is 9.80. The highest BCUT2D eigenvalue weighted by molar-refractivity contribution is 6.04. The molecule has 106 valence electrons. The molecule has 1 atom stereocenters. The van der Waals surface area contributed by atoms with E-state index in [-0.39, 0.29) is 11.3 Å². The minimum Gasteiger partial charge on any atom is -0.481 e. The summed E-state index contributed by atoms with van der Waals surface area (Å²) in [6.45, 7) is 4.83. The highest BCUT2D eigenvalue weighted by Gasteiger charge is 2.37. The Bertz CT molecular complexity index is 585. The summed E-state index contributed by atoms with van der Waals surface area (Å²) in [6, 6.07) is 5.31. The predicted octanol–water partition coefficient (Wildman–Crippen LogP) is 2.38. The molecular formula is C14H15FN2O3. The third kappa shape index (κ3) is 3.54. The van der Waals surface area contributed by atoms with Crippen LogP contribution in [0.4, 0.5) is 10.1 Å². The van der Waals surface area contributed by atoms with Crippen LogP contribution in [0.3, 0.4) is 0 Å². The number of nitriles is 1. The molecule has 0 saturated heterocycles. The van der Waals surface area contributed by atoms with Gasteiger partial charge in [-0.15, -0.1) is 0 Å². The molecule has 1 amide bonds. The molecule has 1 rings (SSSR count). The predicted molar refractivity (Wildman–Crippen MR) is 70.3 cm³/mol. The van der Waals surface area contributed by atoms with Gasteiger partial charge >= 0.3 is 5.97 Å². The van der Waals surface area contributed by atoms with Crippen molar-refractivity contribution < 1.29 is 19.1 Å². The molecule has 0 saturated carbocycles. The van der Waals surface area contributed by atoms with Crippen LogP contribution in [-0.2, 0) is 9.59 Å². The van der Waals surface area contributed by atoms with Crippen molar-refractivity contribution in [2.24, 2.45) is 11.3 Å². The summed E-state index contributed by atoms with van der Waals surface area (Å²) in [7, 11) is 0. The zero-order valence-electron chi connectivity index (χ0n) is 11.4. The number of aliphatic carboxylic acids is 1. The van der Waals surface area contributed by atoms with E-state index < -0.39 is 29.0 Å². The standard InChI is InChI=1S/C14H15FN2O3/c1-14(2,3)11(13(19)20)12(18)17-10-5-4-8(7-16)6-9(10)15/h4-6,11H,1-3H3,(H,17,18)(H,19,20). The summed E-state index contributed by atoms with van der Waals surface area (Å²) >= 11 is 0. The molecule has 6 heteroatoms. The van der Waals surface area contributed by atoms with Crippen molar-refractivity contribution in [3.8, 4) is 6.07 Å². The van der Waals surface area contributed by atoms with E-state index in [1.807, 2.05) is 0 Å². The normalized spacial score (nSPS) is 12.3. The maximum Gasteiger partial charge on any atom is 0.316 e. The molecule has 0 fully saturated rings. The minimum absolute atomic E-state index is 0.117. The second-order valence-corrected chi connectivity index (χ2v) is 5.43. The molecule has 0 aliphatic carbocycles. The molecule has 0 heterocycles. The molecule has 1 unspecified atom stereocenters. The number of halogens is 1. The van der Waals surface area contributed by atoms with Crippen LogP contribution in [0.2, 0.25) is 0 Å².